The fourth-order valence-corrected chi connectivity index (χ4v) is 3.12. The molecule has 1 N–H and O–H groups in total. The van der Waals surface area contributed by atoms with Crippen LogP contribution in [0.15, 0.2) is 54.7 Å². The van der Waals surface area contributed by atoms with Gasteiger partial charge in [-0.25, -0.2) is 4.98 Å². The molecule has 3 nitrogen and oxygen atoms in total. The van der Waals surface area contributed by atoms with Gasteiger partial charge in [-0.3, -0.25) is 0 Å². The summed E-state index contributed by atoms with van der Waals surface area (Å²) in [5.41, 5.74) is 3.27. The molecule has 22 heavy (non-hydrogen) atoms. The number of aromatic nitrogens is 1. The maximum absolute atomic E-state index is 5.86. The van der Waals surface area contributed by atoms with E-state index >= 15 is 0 Å². The van der Waals surface area contributed by atoms with Crippen LogP contribution >= 0.6 is 22.9 Å². The summed E-state index contributed by atoms with van der Waals surface area (Å²) in [6, 6.07) is 16.4. The smallest absolute Gasteiger partial charge is 0.183 e. The number of methoxy groups -OCH3 is 1. The Hall–Kier alpha value is -2.04. The molecule has 0 unspecified atom stereocenters. The molecule has 2 aromatic carbocycles. The van der Waals surface area contributed by atoms with Crippen molar-refractivity contribution in [2.45, 2.75) is 6.54 Å². The largest absolute Gasteiger partial charge is 0.495 e. The molecule has 0 fully saturated rings. The Morgan fingerprint density at radius 2 is 1.95 bits per heavy atom. The van der Waals surface area contributed by atoms with E-state index in [-0.39, 0.29) is 0 Å². The standard InChI is InChI=1S/C17H15ClN2OS/c1-21-16-8-7-13(12-5-3-2-4-6-12)9-15(16)19-10-14-11-20-17(18)22-14/h2-9,11,19H,10H2,1H3. The first kappa shape index (κ1) is 14.9. The summed E-state index contributed by atoms with van der Waals surface area (Å²) in [4.78, 5) is 5.13. The fourth-order valence-electron chi connectivity index (χ4n) is 2.20. The van der Waals surface area contributed by atoms with Gasteiger partial charge in [-0.15, -0.1) is 11.3 Å². The molecule has 0 aliphatic heterocycles. The van der Waals surface area contributed by atoms with Gasteiger partial charge >= 0.3 is 0 Å². The van der Waals surface area contributed by atoms with Gasteiger partial charge in [-0.05, 0) is 23.3 Å². The van der Waals surface area contributed by atoms with Crippen molar-refractivity contribution in [3.63, 3.8) is 0 Å². The zero-order valence-corrected chi connectivity index (χ0v) is 13.6. The Bertz CT molecular complexity index is 758. The van der Waals surface area contributed by atoms with E-state index in [1.54, 1.807) is 13.3 Å². The quantitative estimate of drug-likeness (QED) is 0.708. The van der Waals surface area contributed by atoms with Gasteiger partial charge < -0.3 is 10.1 Å². The number of hydrogen-bond acceptors (Lipinski definition) is 4. The molecular formula is C17H15ClN2OS. The molecule has 0 amide bonds. The van der Waals surface area contributed by atoms with Crippen LogP contribution < -0.4 is 10.1 Å². The predicted octanol–water partition coefficient (Wildman–Crippen LogP) is 5.08. The van der Waals surface area contributed by atoms with Crippen LogP contribution in [-0.4, -0.2) is 12.1 Å². The second kappa shape index (κ2) is 6.81. The SMILES string of the molecule is COc1ccc(-c2ccccc2)cc1NCc1cnc(Cl)s1. The van der Waals surface area contributed by atoms with E-state index < -0.39 is 0 Å². The highest BCUT2D eigenvalue weighted by atomic mass is 35.5. The maximum Gasteiger partial charge on any atom is 0.183 e. The summed E-state index contributed by atoms with van der Waals surface area (Å²) in [6.07, 6.45) is 1.79. The lowest BCUT2D eigenvalue weighted by atomic mass is 10.0. The summed E-state index contributed by atoms with van der Waals surface area (Å²) in [5, 5.41) is 3.39. The van der Waals surface area contributed by atoms with Crippen molar-refractivity contribution in [1.29, 1.82) is 0 Å². The topological polar surface area (TPSA) is 34.1 Å². The van der Waals surface area contributed by atoms with Crippen molar-refractivity contribution < 1.29 is 4.74 Å². The van der Waals surface area contributed by atoms with Crippen LogP contribution in [0.5, 0.6) is 5.75 Å². The summed E-state index contributed by atoms with van der Waals surface area (Å²) < 4.78 is 5.99. The van der Waals surface area contributed by atoms with Crippen LogP contribution in [-0.2, 0) is 6.54 Å². The molecular weight excluding hydrogens is 316 g/mol. The third kappa shape index (κ3) is 3.40. The fraction of sp³-hybridized carbons (Fsp3) is 0.118. The minimum absolute atomic E-state index is 0.557. The van der Waals surface area contributed by atoms with E-state index in [1.165, 1.54) is 16.9 Å². The molecule has 1 heterocycles. The summed E-state index contributed by atoms with van der Waals surface area (Å²) >= 11 is 7.33. The number of nitrogens with zero attached hydrogens (tertiary/aromatic N) is 1. The highest BCUT2D eigenvalue weighted by molar-refractivity contribution is 7.15. The van der Waals surface area contributed by atoms with Crippen molar-refractivity contribution in [2.75, 3.05) is 12.4 Å². The van der Waals surface area contributed by atoms with Crippen molar-refractivity contribution in [2.24, 2.45) is 0 Å². The normalized spacial score (nSPS) is 10.5. The molecule has 0 bridgehead atoms. The summed E-state index contributed by atoms with van der Waals surface area (Å²) in [7, 11) is 1.67. The summed E-state index contributed by atoms with van der Waals surface area (Å²) in [6.45, 7) is 0.666. The van der Waals surface area contributed by atoms with Gasteiger partial charge in [0.05, 0.1) is 19.3 Å². The van der Waals surface area contributed by atoms with Gasteiger partial charge in [-0.1, -0.05) is 48.0 Å². The highest BCUT2D eigenvalue weighted by Gasteiger charge is 2.07. The molecule has 1 aromatic heterocycles. The van der Waals surface area contributed by atoms with Crippen LogP contribution in [0, 0.1) is 0 Å². The number of halogens is 1. The van der Waals surface area contributed by atoms with E-state index in [2.05, 4.69) is 34.6 Å². The lowest BCUT2D eigenvalue weighted by molar-refractivity contribution is 0.416. The number of anilines is 1. The minimum Gasteiger partial charge on any atom is -0.495 e. The first-order chi connectivity index (χ1) is 10.8. The van der Waals surface area contributed by atoms with E-state index in [9.17, 15) is 0 Å². The maximum atomic E-state index is 5.86. The van der Waals surface area contributed by atoms with Crippen LogP contribution in [0.4, 0.5) is 5.69 Å². The molecule has 3 aromatic rings. The zero-order chi connectivity index (χ0) is 15.4. The Kier molecular flexibility index (Phi) is 4.61. The van der Waals surface area contributed by atoms with Crippen molar-refractivity contribution in [3.8, 4) is 16.9 Å². The summed E-state index contributed by atoms with van der Waals surface area (Å²) in [5.74, 6) is 0.815. The first-order valence-electron chi connectivity index (χ1n) is 6.84. The molecule has 0 aliphatic carbocycles. The van der Waals surface area contributed by atoms with E-state index in [0.717, 1.165) is 21.9 Å². The number of hydrogen-bond donors (Lipinski definition) is 1. The van der Waals surface area contributed by atoms with E-state index in [4.69, 9.17) is 16.3 Å². The third-order valence-corrected chi connectivity index (χ3v) is 4.40. The second-order valence-electron chi connectivity index (χ2n) is 4.71. The molecule has 0 spiro atoms. The number of rotatable bonds is 5. The van der Waals surface area contributed by atoms with Gasteiger partial charge in [0.25, 0.3) is 0 Å². The zero-order valence-electron chi connectivity index (χ0n) is 12.0. The number of thiazole rings is 1. The van der Waals surface area contributed by atoms with Gasteiger partial charge in [-0.2, -0.15) is 0 Å². The van der Waals surface area contributed by atoms with Crippen molar-refractivity contribution in [1.82, 2.24) is 4.98 Å². The van der Waals surface area contributed by atoms with Gasteiger partial charge in [0.1, 0.15) is 5.75 Å². The molecule has 5 heteroatoms. The Labute approximate surface area is 138 Å². The number of ether oxygens (including phenoxy) is 1. The van der Waals surface area contributed by atoms with Crippen LogP contribution in [0.2, 0.25) is 4.47 Å². The second-order valence-corrected chi connectivity index (χ2v) is 6.41. The molecule has 0 saturated carbocycles. The Morgan fingerprint density at radius 1 is 1.14 bits per heavy atom. The molecule has 112 valence electrons. The lowest BCUT2D eigenvalue weighted by Gasteiger charge is -2.12. The highest BCUT2D eigenvalue weighted by Crippen LogP contribution is 2.31. The van der Waals surface area contributed by atoms with Crippen molar-refractivity contribution >= 4 is 28.6 Å². The monoisotopic (exact) mass is 330 g/mol. The molecule has 0 aliphatic rings. The van der Waals surface area contributed by atoms with Gasteiger partial charge in [0, 0.05) is 11.1 Å². The predicted molar refractivity (Wildman–Crippen MR) is 92.9 cm³/mol. The average molecular weight is 331 g/mol. The number of benzene rings is 2. The van der Waals surface area contributed by atoms with Crippen molar-refractivity contribution in [3.05, 3.63) is 64.1 Å². The minimum atomic E-state index is 0.557. The molecule has 0 atom stereocenters. The van der Waals surface area contributed by atoms with Crippen LogP contribution in [0.25, 0.3) is 11.1 Å². The number of nitrogens with one attached hydrogen (secondary N) is 1. The first-order valence-corrected chi connectivity index (χ1v) is 8.03. The van der Waals surface area contributed by atoms with E-state index in [0.29, 0.717) is 11.0 Å². The third-order valence-electron chi connectivity index (χ3n) is 3.29. The molecule has 3 rings (SSSR count). The molecule has 0 radical (unpaired) electrons. The molecule has 0 saturated heterocycles. The lowest BCUT2D eigenvalue weighted by Crippen LogP contribution is -2.00. The Balaban J connectivity index is 1.85. The van der Waals surface area contributed by atoms with Crippen LogP contribution in [0.3, 0.4) is 0 Å². The Morgan fingerprint density at radius 3 is 2.64 bits per heavy atom. The van der Waals surface area contributed by atoms with Gasteiger partial charge in [0.2, 0.25) is 0 Å². The average Bonchev–Trinajstić information content (AvgIpc) is 2.99. The van der Waals surface area contributed by atoms with Gasteiger partial charge in [0.15, 0.2) is 4.47 Å². The van der Waals surface area contributed by atoms with Crippen LogP contribution in [0.1, 0.15) is 4.88 Å². The van der Waals surface area contributed by atoms with E-state index in [1.807, 2.05) is 24.3 Å².